The van der Waals surface area contributed by atoms with Gasteiger partial charge in [0.1, 0.15) is 11.5 Å². The zero-order chi connectivity index (χ0) is 21.1. The van der Waals surface area contributed by atoms with Crippen LogP contribution in [-0.4, -0.2) is 26.6 Å². The highest BCUT2D eigenvalue weighted by atomic mass is 16.5. The molecule has 2 heterocycles. The number of para-hydroxylation sites is 1. The van der Waals surface area contributed by atoms with Gasteiger partial charge in [0, 0.05) is 12.6 Å². The fourth-order valence-corrected chi connectivity index (χ4v) is 3.14. The first-order valence-corrected chi connectivity index (χ1v) is 9.90. The van der Waals surface area contributed by atoms with Gasteiger partial charge in [0.15, 0.2) is 17.0 Å². The number of aromatic nitrogens is 4. The number of anilines is 1. The average molecular weight is 403 g/mol. The first kappa shape index (κ1) is 19.7. The van der Waals surface area contributed by atoms with E-state index >= 15 is 0 Å². The minimum absolute atomic E-state index is 0.214. The summed E-state index contributed by atoms with van der Waals surface area (Å²) in [6.45, 7) is 6.77. The van der Waals surface area contributed by atoms with E-state index in [1.165, 1.54) is 0 Å². The Bertz CT molecular complexity index is 1150. The molecule has 0 unspecified atom stereocenters. The molecule has 154 valence electrons. The van der Waals surface area contributed by atoms with Crippen LogP contribution >= 0.6 is 0 Å². The van der Waals surface area contributed by atoms with Gasteiger partial charge in [0.05, 0.1) is 13.4 Å². The van der Waals surface area contributed by atoms with Crippen LogP contribution in [0.1, 0.15) is 31.0 Å². The zero-order valence-corrected chi connectivity index (χ0v) is 17.6. The van der Waals surface area contributed by atoms with Crippen LogP contribution in [0.25, 0.3) is 11.2 Å². The van der Waals surface area contributed by atoms with Gasteiger partial charge in [-0.25, -0.2) is 4.98 Å². The number of nitrogens with zero attached hydrogens (tertiary/aromatic N) is 4. The fraction of sp³-hybridized carbons (Fsp3) is 0.261. The second-order valence-electron chi connectivity index (χ2n) is 7.34. The van der Waals surface area contributed by atoms with Crippen molar-refractivity contribution in [2.24, 2.45) is 0 Å². The van der Waals surface area contributed by atoms with Crippen LogP contribution in [0.3, 0.4) is 0 Å². The van der Waals surface area contributed by atoms with E-state index in [2.05, 4.69) is 34.1 Å². The topological polar surface area (TPSA) is 74.1 Å². The van der Waals surface area contributed by atoms with Crippen LogP contribution in [0.5, 0.6) is 17.5 Å². The standard InChI is InChI=1S/C23H25N5O2/c1-15(2)28-14-25-20-21(24-13-17-9-11-18(29-4)12-10-17)26-23(27-22(20)28)30-19-8-6-5-7-16(19)3/h5-12,14-15H,13H2,1-4H3,(H,24,26,27). The molecule has 7 nitrogen and oxygen atoms in total. The molecule has 0 spiro atoms. The summed E-state index contributed by atoms with van der Waals surface area (Å²) in [6.07, 6.45) is 1.79. The molecular weight excluding hydrogens is 378 g/mol. The van der Waals surface area contributed by atoms with Crippen LogP contribution in [0.2, 0.25) is 0 Å². The predicted molar refractivity (Wildman–Crippen MR) is 117 cm³/mol. The summed E-state index contributed by atoms with van der Waals surface area (Å²) in [5.41, 5.74) is 3.58. The molecule has 1 N–H and O–H groups in total. The molecule has 4 rings (SSSR count). The van der Waals surface area contributed by atoms with Gasteiger partial charge in [-0.15, -0.1) is 0 Å². The summed E-state index contributed by atoms with van der Waals surface area (Å²) in [5, 5.41) is 3.39. The van der Waals surface area contributed by atoms with Crippen molar-refractivity contribution >= 4 is 17.0 Å². The quantitative estimate of drug-likeness (QED) is 0.461. The van der Waals surface area contributed by atoms with Crippen LogP contribution in [0.4, 0.5) is 5.82 Å². The molecule has 0 bridgehead atoms. The summed E-state index contributed by atoms with van der Waals surface area (Å²) in [6, 6.07) is 16.2. The first-order valence-electron chi connectivity index (χ1n) is 9.90. The molecule has 7 heteroatoms. The Morgan fingerprint density at radius 1 is 1.03 bits per heavy atom. The van der Waals surface area contributed by atoms with Crippen molar-refractivity contribution in [3.8, 4) is 17.5 Å². The molecule has 0 radical (unpaired) electrons. The first-order chi connectivity index (χ1) is 14.5. The Labute approximate surface area is 175 Å². The number of imidazole rings is 1. The van der Waals surface area contributed by atoms with E-state index in [-0.39, 0.29) is 12.1 Å². The smallest absolute Gasteiger partial charge is 0.326 e. The van der Waals surface area contributed by atoms with Crippen LogP contribution in [0, 0.1) is 6.92 Å². The van der Waals surface area contributed by atoms with E-state index in [4.69, 9.17) is 9.47 Å². The number of rotatable bonds is 7. The fourth-order valence-electron chi connectivity index (χ4n) is 3.14. The van der Waals surface area contributed by atoms with Crippen molar-refractivity contribution in [2.45, 2.75) is 33.4 Å². The van der Waals surface area contributed by atoms with Gasteiger partial charge in [0.25, 0.3) is 0 Å². The molecule has 0 aliphatic rings. The van der Waals surface area contributed by atoms with E-state index in [0.717, 1.165) is 28.3 Å². The lowest BCUT2D eigenvalue weighted by Gasteiger charge is -2.12. The molecule has 0 fully saturated rings. The van der Waals surface area contributed by atoms with Gasteiger partial charge in [-0.3, -0.25) is 0 Å². The van der Waals surface area contributed by atoms with E-state index in [9.17, 15) is 0 Å². The number of aryl methyl sites for hydroxylation is 1. The Hall–Kier alpha value is -3.61. The lowest BCUT2D eigenvalue weighted by molar-refractivity contribution is 0.414. The number of hydrogen-bond acceptors (Lipinski definition) is 6. The maximum atomic E-state index is 6.02. The number of ether oxygens (including phenoxy) is 2. The van der Waals surface area contributed by atoms with Crippen molar-refractivity contribution in [3.05, 3.63) is 66.0 Å². The lowest BCUT2D eigenvalue weighted by Crippen LogP contribution is -2.06. The summed E-state index contributed by atoms with van der Waals surface area (Å²) >= 11 is 0. The minimum Gasteiger partial charge on any atom is -0.497 e. The lowest BCUT2D eigenvalue weighted by atomic mass is 10.2. The molecule has 0 saturated heterocycles. The second kappa shape index (κ2) is 8.41. The number of hydrogen-bond donors (Lipinski definition) is 1. The Balaban J connectivity index is 1.68. The molecule has 0 atom stereocenters. The maximum absolute atomic E-state index is 6.02. The summed E-state index contributed by atoms with van der Waals surface area (Å²) in [7, 11) is 1.66. The molecule has 0 saturated carbocycles. The number of fused-ring (bicyclic) bond motifs is 1. The van der Waals surface area contributed by atoms with Gasteiger partial charge in [-0.05, 0) is 50.1 Å². The second-order valence-corrected chi connectivity index (χ2v) is 7.34. The SMILES string of the molecule is COc1ccc(CNc2nc(Oc3ccccc3C)nc3c2ncn3C(C)C)cc1. The highest BCUT2D eigenvalue weighted by Gasteiger charge is 2.16. The van der Waals surface area contributed by atoms with E-state index < -0.39 is 0 Å². The highest BCUT2D eigenvalue weighted by molar-refractivity contribution is 5.83. The van der Waals surface area contributed by atoms with Gasteiger partial charge in [-0.2, -0.15) is 9.97 Å². The van der Waals surface area contributed by atoms with E-state index in [0.29, 0.717) is 17.9 Å². The third kappa shape index (κ3) is 4.05. The van der Waals surface area contributed by atoms with Crippen molar-refractivity contribution in [1.29, 1.82) is 0 Å². The molecular formula is C23H25N5O2. The van der Waals surface area contributed by atoms with Crippen molar-refractivity contribution in [3.63, 3.8) is 0 Å². The third-order valence-corrected chi connectivity index (χ3v) is 4.87. The van der Waals surface area contributed by atoms with Crippen LogP contribution in [0.15, 0.2) is 54.9 Å². The van der Waals surface area contributed by atoms with E-state index in [1.807, 2.05) is 60.0 Å². The maximum Gasteiger partial charge on any atom is 0.326 e. The van der Waals surface area contributed by atoms with Gasteiger partial charge >= 0.3 is 6.01 Å². The highest BCUT2D eigenvalue weighted by Crippen LogP contribution is 2.28. The summed E-state index contributed by atoms with van der Waals surface area (Å²) < 4.78 is 13.3. The Kier molecular flexibility index (Phi) is 5.52. The van der Waals surface area contributed by atoms with E-state index in [1.54, 1.807) is 13.4 Å². The van der Waals surface area contributed by atoms with Crippen LogP contribution < -0.4 is 14.8 Å². The summed E-state index contributed by atoms with van der Waals surface area (Å²) in [4.78, 5) is 13.8. The van der Waals surface area contributed by atoms with Crippen molar-refractivity contribution < 1.29 is 9.47 Å². The molecule has 0 amide bonds. The molecule has 2 aromatic heterocycles. The molecule has 0 aliphatic heterocycles. The number of methoxy groups -OCH3 is 1. The van der Waals surface area contributed by atoms with Gasteiger partial charge < -0.3 is 19.4 Å². The molecule has 4 aromatic rings. The van der Waals surface area contributed by atoms with Gasteiger partial charge in [-0.1, -0.05) is 30.3 Å². The molecule has 2 aromatic carbocycles. The Morgan fingerprint density at radius 3 is 2.50 bits per heavy atom. The average Bonchev–Trinajstić information content (AvgIpc) is 3.18. The largest absolute Gasteiger partial charge is 0.497 e. The third-order valence-electron chi connectivity index (χ3n) is 4.87. The zero-order valence-electron chi connectivity index (χ0n) is 17.6. The van der Waals surface area contributed by atoms with Gasteiger partial charge in [0.2, 0.25) is 0 Å². The predicted octanol–water partition coefficient (Wildman–Crippen LogP) is 5.13. The van der Waals surface area contributed by atoms with Crippen LogP contribution in [-0.2, 0) is 6.54 Å². The monoisotopic (exact) mass is 403 g/mol. The Morgan fingerprint density at radius 2 is 1.80 bits per heavy atom. The minimum atomic E-state index is 0.214. The van der Waals surface area contributed by atoms with Crippen molar-refractivity contribution in [1.82, 2.24) is 19.5 Å². The molecule has 0 aliphatic carbocycles. The van der Waals surface area contributed by atoms with Crippen molar-refractivity contribution in [2.75, 3.05) is 12.4 Å². The number of nitrogens with one attached hydrogen (secondary N) is 1. The normalized spacial score (nSPS) is 11.1. The summed E-state index contributed by atoms with van der Waals surface area (Å²) in [5.74, 6) is 2.19. The molecule has 30 heavy (non-hydrogen) atoms. The number of benzene rings is 2.